The first-order valence-electron chi connectivity index (χ1n) is 11.8. The third kappa shape index (κ3) is 10.6. The van der Waals surface area contributed by atoms with Crippen LogP contribution in [0, 0.1) is 0 Å². The Morgan fingerprint density at radius 2 is 1.62 bits per heavy atom. The summed E-state index contributed by atoms with van der Waals surface area (Å²) in [6.45, 7) is 2.74. The zero-order valence-electron chi connectivity index (χ0n) is 19.7. The number of hydroxylamine groups is 1. The number of anilines is 1. The summed E-state index contributed by atoms with van der Waals surface area (Å²) in [7, 11) is 0. The maximum Gasteiger partial charge on any atom is 0.325 e. The third-order valence-electron chi connectivity index (χ3n) is 5.24. The zero-order valence-corrected chi connectivity index (χ0v) is 19.7. The fourth-order valence-electron chi connectivity index (χ4n) is 3.51. The molecule has 0 aromatic heterocycles. The molecule has 0 aliphatic carbocycles. The summed E-state index contributed by atoms with van der Waals surface area (Å²) in [5.74, 6) is -1.08. The molecule has 1 atom stereocenters. The summed E-state index contributed by atoms with van der Waals surface area (Å²) in [5, 5.41) is 15.5. The van der Waals surface area contributed by atoms with Crippen LogP contribution in [-0.2, 0) is 25.6 Å². The minimum Gasteiger partial charge on any atom is -0.480 e. The van der Waals surface area contributed by atoms with Gasteiger partial charge in [-0.15, -0.1) is 0 Å². The van der Waals surface area contributed by atoms with Gasteiger partial charge in [0.25, 0.3) is 0 Å². The quantitative estimate of drug-likeness (QED) is 0.218. The lowest BCUT2D eigenvalue weighted by Gasteiger charge is -2.15. The Morgan fingerprint density at radius 3 is 2.29 bits per heavy atom. The minimum atomic E-state index is -0.916. The van der Waals surface area contributed by atoms with E-state index in [1.54, 1.807) is 12.1 Å². The van der Waals surface area contributed by atoms with Crippen LogP contribution in [0.4, 0.5) is 5.69 Å². The van der Waals surface area contributed by atoms with Gasteiger partial charge in [0.2, 0.25) is 11.8 Å². The van der Waals surface area contributed by atoms with E-state index in [0.29, 0.717) is 38.0 Å². The Hall–Kier alpha value is -3.23. The highest BCUT2D eigenvalue weighted by atomic mass is 16.6. The predicted octanol–water partition coefficient (Wildman–Crippen LogP) is 3.99. The van der Waals surface area contributed by atoms with Crippen molar-refractivity contribution in [1.82, 2.24) is 10.8 Å². The topological polar surface area (TPSA) is 117 Å². The molecule has 0 saturated heterocycles. The first-order valence-corrected chi connectivity index (χ1v) is 11.8. The van der Waals surface area contributed by atoms with Gasteiger partial charge in [0.1, 0.15) is 6.04 Å². The molecular weight excluding hydrogens is 434 g/mol. The molecule has 2 aromatic carbocycles. The number of hydrogen-bond acceptors (Lipinski definition) is 5. The van der Waals surface area contributed by atoms with Gasteiger partial charge in [-0.1, -0.05) is 55.3 Å². The molecule has 8 nitrogen and oxygen atoms in total. The monoisotopic (exact) mass is 469 g/mol. The van der Waals surface area contributed by atoms with Gasteiger partial charge in [0.05, 0.1) is 6.61 Å². The van der Waals surface area contributed by atoms with E-state index in [4.69, 9.17) is 4.84 Å². The summed E-state index contributed by atoms with van der Waals surface area (Å²) >= 11 is 0. The van der Waals surface area contributed by atoms with Crippen molar-refractivity contribution in [2.45, 2.75) is 57.9 Å². The van der Waals surface area contributed by atoms with Crippen LogP contribution >= 0.6 is 0 Å². The number of carbonyl (C=O) groups is 3. The molecular formula is C26H35N3O5. The molecule has 0 radical (unpaired) electrons. The number of carboxylic acid groups (broad SMARTS) is 1. The zero-order chi connectivity index (χ0) is 24.6. The minimum absolute atomic E-state index is 0.0422. The number of rotatable bonds is 16. The molecule has 0 saturated carbocycles. The van der Waals surface area contributed by atoms with Gasteiger partial charge in [-0.05, 0) is 49.4 Å². The van der Waals surface area contributed by atoms with Crippen LogP contribution in [0.5, 0.6) is 0 Å². The number of nitrogens with one attached hydrogen (secondary N) is 3. The van der Waals surface area contributed by atoms with E-state index in [0.717, 1.165) is 36.9 Å². The predicted molar refractivity (Wildman–Crippen MR) is 131 cm³/mol. The number of carboxylic acids is 1. The van der Waals surface area contributed by atoms with Crippen LogP contribution in [0.3, 0.4) is 0 Å². The summed E-state index contributed by atoms with van der Waals surface area (Å²) < 4.78 is 0. The number of carbonyl (C=O) groups excluding carboxylic acids is 2. The number of aliphatic carboxylic acids is 1. The highest BCUT2D eigenvalue weighted by molar-refractivity contribution is 5.90. The lowest BCUT2D eigenvalue weighted by atomic mass is 10.1. The highest BCUT2D eigenvalue weighted by Gasteiger charge is 2.18. The number of hydrogen-bond donors (Lipinski definition) is 4. The highest BCUT2D eigenvalue weighted by Crippen LogP contribution is 2.15. The maximum absolute atomic E-state index is 12.2. The molecule has 0 spiro atoms. The van der Waals surface area contributed by atoms with Crippen molar-refractivity contribution >= 4 is 23.5 Å². The van der Waals surface area contributed by atoms with Crippen molar-refractivity contribution in [3.63, 3.8) is 0 Å². The van der Waals surface area contributed by atoms with Gasteiger partial charge < -0.3 is 15.7 Å². The molecule has 2 amide bonds. The van der Waals surface area contributed by atoms with Crippen LogP contribution in [0.1, 0.15) is 62.6 Å². The molecule has 2 aromatic rings. The number of benzene rings is 2. The Balaban J connectivity index is 1.68. The first-order chi connectivity index (χ1) is 16.5. The summed E-state index contributed by atoms with van der Waals surface area (Å²) in [5.41, 5.74) is 4.82. The van der Waals surface area contributed by atoms with Crippen molar-refractivity contribution in [1.29, 1.82) is 0 Å². The van der Waals surface area contributed by atoms with Gasteiger partial charge in [0, 0.05) is 25.1 Å². The molecule has 0 fully saturated rings. The van der Waals surface area contributed by atoms with E-state index in [1.807, 2.05) is 49.4 Å². The summed E-state index contributed by atoms with van der Waals surface area (Å²) in [4.78, 5) is 40.1. The number of amides is 2. The molecule has 184 valence electrons. The Labute approximate surface area is 201 Å². The van der Waals surface area contributed by atoms with Gasteiger partial charge in [0.15, 0.2) is 0 Å². The van der Waals surface area contributed by atoms with Crippen molar-refractivity contribution in [3.05, 3.63) is 65.7 Å². The van der Waals surface area contributed by atoms with Crippen molar-refractivity contribution in [3.8, 4) is 0 Å². The van der Waals surface area contributed by atoms with E-state index in [-0.39, 0.29) is 11.8 Å². The molecule has 34 heavy (non-hydrogen) atoms. The third-order valence-corrected chi connectivity index (χ3v) is 5.24. The molecule has 2 rings (SSSR count). The van der Waals surface area contributed by atoms with E-state index in [1.165, 1.54) is 0 Å². The number of unbranched alkanes of at least 4 members (excludes halogenated alkanes) is 3. The van der Waals surface area contributed by atoms with Gasteiger partial charge in [-0.2, -0.15) is 0 Å². The molecule has 4 N–H and O–H groups in total. The van der Waals surface area contributed by atoms with E-state index < -0.39 is 12.0 Å². The van der Waals surface area contributed by atoms with Gasteiger partial charge in [-0.3, -0.25) is 19.2 Å². The molecule has 0 aliphatic heterocycles. The fourth-order valence-corrected chi connectivity index (χ4v) is 3.51. The summed E-state index contributed by atoms with van der Waals surface area (Å²) in [6.07, 6.45) is 4.78. The van der Waals surface area contributed by atoms with E-state index in [2.05, 4.69) is 16.1 Å². The standard InChI is InChI=1S/C26H35N3O5/c1-2-34-29-24(31)16-9-4-3-8-15-23(30)28-22-14-10-11-20(19-22)17-18-27-25(26(32)33)21-12-6-5-7-13-21/h5-7,10-14,19,25,27H,2-4,8-9,15-18H2,1H3,(H,28,30)(H,29,31)(H,32,33)/t25-/m0/s1. The first kappa shape index (κ1) is 27.0. The second-order valence-electron chi connectivity index (χ2n) is 8.01. The molecule has 0 heterocycles. The van der Waals surface area contributed by atoms with Gasteiger partial charge >= 0.3 is 5.97 Å². The van der Waals surface area contributed by atoms with Crippen LogP contribution in [0.25, 0.3) is 0 Å². The van der Waals surface area contributed by atoms with Crippen LogP contribution in [-0.4, -0.2) is 36.0 Å². The van der Waals surface area contributed by atoms with Crippen molar-refractivity contribution in [2.75, 3.05) is 18.5 Å². The Kier molecular flexibility index (Phi) is 12.4. The lowest BCUT2D eigenvalue weighted by molar-refractivity contribution is -0.139. The lowest BCUT2D eigenvalue weighted by Crippen LogP contribution is -2.30. The molecule has 0 unspecified atom stereocenters. The normalized spacial score (nSPS) is 11.6. The second-order valence-corrected chi connectivity index (χ2v) is 8.01. The van der Waals surface area contributed by atoms with Crippen LogP contribution in [0.2, 0.25) is 0 Å². The second kappa shape index (κ2) is 15.6. The SMILES string of the molecule is CCONC(=O)CCCCCCC(=O)Nc1cccc(CCN[C@H](C(=O)O)c2ccccc2)c1. The van der Waals surface area contributed by atoms with Crippen molar-refractivity contribution < 1.29 is 24.3 Å². The fraction of sp³-hybridized carbons (Fsp3) is 0.423. The van der Waals surface area contributed by atoms with Crippen molar-refractivity contribution in [2.24, 2.45) is 0 Å². The largest absolute Gasteiger partial charge is 0.480 e. The Morgan fingerprint density at radius 1 is 0.912 bits per heavy atom. The average molecular weight is 470 g/mol. The molecule has 8 heteroatoms. The maximum atomic E-state index is 12.2. The molecule has 0 bridgehead atoms. The van der Waals surface area contributed by atoms with E-state index >= 15 is 0 Å². The van der Waals surface area contributed by atoms with Gasteiger partial charge in [-0.25, -0.2) is 5.48 Å². The Bertz CT molecular complexity index is 904. The molecule has 0 aliphatic rings. The van der Waals surface area contributed by atoms with Crippen LogP contribution in [0.15, 0.2) is 54.6 Å². The summed E-state index contributed by atoms with van der Waals surface area (Å²) in [6, 6.07) is 15.9. The van der Waals surface area contributed by atoms with Crippen LogP contribution < -0.4 is 16.1 Å². The average Bonchev–Trinajstić information content (AvgIpc) is 2.83. The smallest absolute Gasteiger partial charge is 0.325 e. The van der Waals surface area contributed by atoms with E-state index in [9.17, 15) is 19.5 Å².